The molecule has 0 aromatic heterocycles. The molecule has 4 aliphatic rings. The molecule has 0 saturated heterocycles. The molecule has 4 aliphatic carbocycles. The molecule has 158 valence electrons. The van der Waals surface area contributed by atoms with Crippen molar-refractivity contribution in [2.45, 2.75) is 91.1 Å². The topological polar surface area (TPSA) is 74.6 Å². The van der Waals surface area contributed by atoms with Crippen LogP contribution in [-0.2, 0) is 9.59 Å². The van der Waals surface area contributed by atoms with Crippen LogP contribution in [0.1, 0.15) is 85.0 Å². The lowest BCUT2D eigenvalue weighted by Crippen LogP contribution is -2.57. The van der Waals surface area contributed by atoms with Crippen LogP contribution in [0.5, 0.6) is 0 Å². The van der Waals surface area contributed by atoms with Crippen molar-refractivity contribution in [3.8, 4) is 0 Å². The smallest absolute Gasteiger partial charge is 0.303 e. The van der Waals surface area contributed by atoms with Crippen LogP contribution in [0.4, 0.5) is 0 Å². The zero-order valence-electron chi connectivity index (χ0n) is 17.8. The van der Waals surface area contributed by atoms with E-state index in [1.807, 2.05) is 0 Å². The van der Waals surface area contributed by atoms with E-state index in [1.54, 1.807) is 0 Å². The van der Waals surface area contributed by atoms with E-state index in [4.69, 9.17) is 5.11 Å². The van der Waals surface area contributed by atoms with Crippen molar-refractivity contribution in [2.75, 3.05) is 0 Å². The largest absolute Gasteiger partial charge is 0.481 e. The SMILES string of the molecule is CC(CCC(=O)O)[C@H]1CC[C@H]2[C@@H]3C(=O)C[C@@H]4C[C@H](O)CC[C@]4(C)[C@H]3CC[C@]12C. The third-order valence-corrected chi connectivity index (χ3v) is 10.0. The highest BCUT2D eigenvalue weighted by molar-refractivity contribution is 5.83. The van der Waals surface area contributed by atoms with Gasteiger partial charge in [0.2, 0.25) is 0 Å². The highest BCUT2D eigenvalue weighted by atomic mass is 16.4. The van der Waals surface area contributed by atoms with Gasteiger partial charge in [0.05, 0.1) is 6.10 Å². The summed E-state index contributed by atoms with van der Waals surface area (Å²) in [5, 5.41) is 19.3. The number of fused-ring (bicyclic) bond motifs is 5. The van der Waals surface area contributed by atoms with Crippen LogP contribution in [-0.4, -0.2) is 28.1 Å². The Balaban J connectivity index is 1.56. The van der Waals surface area contributed by atoms with Gasteiger partial charge in [-0.05, 0) is 91.8 Å². The summed E-state index contributed by atoms with van der Waals surface area (Å²) in [6.07, 6.45) is 8.81. The fourth-order valence-electron chi connectivity index (χ4n) is 8.44. The molecule has 4 saturated carbocycles. The van der Waals surface area contributed by atoms with Crippen molar-refractivity contribution in [3.63, 3.8) is 0 Å². The second-order valence-electron chi connectivity index (χ2n) is 11.2. The number of rotatable bonds is 4. The number of carboxylic acid groups (broad SMARTS) is 1. The van der Waals surface area contributed by atoms with E-state index in [0.717, 1.165) is 44.9 Å². The molecule has 0 aliphatic heterocycles. The van der Waals surface area contributed by atoms with Gasteiger partial charge in [-0.1, -0.05) is 20.8 Å². The molecule has 0 amide bonds. The number of aliphatic carboxylic acids is 1. The lowest BCUT2D eigenvalue weighted by molar-refractivity contribution is -0.160. The number of carboxylic acids is 1. The van der Waals surface area contributed by atoms with Crippen LogP contribution in [0.25, 0.3) is 0 Å². The van der Waals surface area contributed by atoms with Gasteiger partial charge in [-0.15, -0.1) is 0 Å². The lowest BCUT2D eigenvalue weighted by atomic mass is 9.44. The summed E-state index contributed by atoms with van der Waals surface area (Å²) in [6, 6.07) is 0. The number of carbonyl (C=O) groups is 2. The van der Waals surface area contributed by atoms with Gasteiger partial charge >= 0.3 is 5.97 Å². The number of carbonyl (C=O) groups excluding carboxylic acids is 1. The monoisotopic (exact) mass is 390 g/mol. The van der Waals surface area contributed by atoms with Crippen molar-refractivity contribution in [1.29, 1.82) is 0 Å². The van der Waals surface area contributed by atoms with Gasteiger partial charge in [0, 0.05) is 18.8 Å². The molecule has 0 bridgehead atoms. The van der Waals surface area contributed by atoms with E-state index < -0.39 is 5.97 Å². The number of aliphatic hydroxyl groups is 1. The van der Waals surface area contributed by atoms with Gasteiger partial charge in [0.1, 0.15) is 5.78 Å². The highest BCUT2D eigenvalue weighted by Crippen LogP contribution is 2.67. The van der Waals surface area contributed by atoms with Gasteiger partial charge in [-0.25, -0.2) is 0 Å². The van der Waals surface area contributed by atoms with Gasteiger partial charge in [0.25, 0.3) is 0 Å². The van der Waals surface area contributed by atoms with E-state index in [2.05, 4.69) is 20.8 Å². The van der Waals surface area contributed by atoms with Gasteiger partial charge < -0.3 is 10.2 Å². The standard InChI is InChI=1S/C24H38O4/c1-14(4-7-21(27)28)17-5-6-18-22-19(9-11-24(17,18)3)23(2)10-8-16(25)12-15(23)13-20(22)26/h14-19,22,25H,4-13H2,1-3H3,(H,27,28)/t14?,15-,16+,17+,18-,19-,22-,23-,24+/m0/s1. The molecule has 1 unspecified atom stereocenters. The molecule has 9 atom stereocenters. The van der Waals surface area contributed by atoms with E-state index in [1.165, 1.54) is 6.42 Å². The molecule has 0 radical (unpaired) electrons. The normalized spacial score (nSPS) is 49.1. The summed E-state index contributed by atoms with van der Waals surface area (Å²) in [4.78, 5) is 24.4. The Kier molecular flexibility index (Phi) is 5.17. The maximum atomic E-state index is 13.3. The Bertz CT molecular complexity index is 645. The minimum absolute atomic E-state index is 0.187. The van der Waals surface area contributed by atoms with Crippen LogP contribution >= 0.6 is 0 Å². The zero-order chi connectivity index (χ0) is 20.3. The molecule has 2 N–H and O–H groups in total. The molecule has 0 aromatic carbocycles. The third-order valence-electron chi connectivity index (χ3n) is 10.0. The average Bonchev–Trinajstić information content (AvgIpc) is 2.98. The van der Waals surface area contributed by atoms with Crippen molar-refractivity contribution in [2.24, 2.45) is 46.3 Å². The molecule has 4 rings (SSSR count). The number of aliphatic hydroxyl groups excluding tert-OH is 1. The summed E-state index contributed by atoms with van der Waals surface area (Å²) >= 11 is 0. The second kappa shape index (κ2) is 7.11. The molecule has 4 nitrogen and oxygen atoms in total. The maximum Gasteiger partial charge on any atom is 0.303 e. The number of ketones is 1. The van der Waals surface area contributed by atoms with Gasteiger partial charge in [-0.2, -0.15) is 0 Å². The van der Waals surface area contributed by atoms with E-state index in [-0.39, 0.29) is 29.3 Å². The lowest BCUT2D eigenvalue weighted by Gasteiger charge is -2.60. The molecule has 0 heterocycles. The first-order chi connectivity index (χ1) is 13.2. The van der Waals surface area contributed by atoms with Gasteiger partial charge in [-0.3, -0.25) is 9.59 Å². The van der Waals surface area contributed by atoms with E-state index >= 15 is 0 Å². The van der Waals surface area contributed by atoms with Crippen LogP contribution in [0.2, 0.25) is 0 Å². The zero-order valence-corrected chi connectivity index (χ0v) is 17.8. The first-order valence-corrected chi connectivity index (χ1v) is 11.6. The van der Waals surface area contributed by atoms with Crippen LogP contribution in [0.3, 0.4) is 0 Å². The molecular weight excluding hydrogens is 352 g/mol. The van der Waals surface area contributed by atoms with E-state index in [0.29, 0.717) is 41.8 Å². The van der Waals surface area contributed by atoms with Gasteiger partial charge in [0.15, 0.2) is 0 Å². The Morgan fingerprint density at radius 2 is 1.79 bits per heavy atom. The maximum absolute atomic E-state index is 13.3. The van der Waals surface area contributed by atoms with E-state index in [9.17, 15) is 14.7 Å². The Hall–Kier alpha value is -0.900. The number of hydrogen-bond acceptors (Lipinski definition) is 3. The summed E-state index contributed by atoms with van der Waals surface area (Å²) in [5.41, 5.74) is 0.401. The average molecular weight is 391 g/mol. The molecule has 0 spiro atoms. The van der Waals surface area contributed by atoms with Crippen molar-refractivity contribution >= 4 is 11.8 Å². The first-order valence-electron chi connectivity index (χ1n) is 11.6. The van der Waals surface area contributed by atoms with Crippen LogP contribution in [0, 0.1) is 46.3 Å². The van der Waals surface area contributed by atoms with Crippen molar-refractivity contribution < 1.29 is 19.8 Å². The molecule has 28 heavy (non-hydrogen) atoms. The Morgan fingerprint density at radius 1 is 1.11 bits per heavy atom. The number of Topliss-reactive ketones (excluding diaryl/α,β-unsaturated/α-hetero) is 1. The first kappa shape index (κ1) is 20.4. The van der Waals surface area contributed by atoms with Crippen LogP contribution in [0.15, 0.2) is 0 Å². The molecular formula is C24H38O4. The minimum atomic E-state index is -0.698. The quantitative estimate of drug-likeness (QED) is 0.730. The molecule has 4 fully saturated rings. The second-order valence-corrected chi connectivity index (χ2v) is 11.2. The summed E-state index contributed by atoms with van der Waals surface area (Å²) < 4.78 is 0. The summed E-state index contributed by atoms with van der Waals surface area (Å²) in [5.74, 6) is 2.25. The van der Waals surface area contributed by atoms with Crippen molar-refractivity contribution in [1.82, 2.24) is 0 Å². The van der Waals surface area contributed by atoms with Crippen molar-refractivity contribution in [3.05, 3.63) is 0 Å². The predicted molar refractivity (Wildman–Crippen MR) is 108 cm³/mol. The Morgan fingerprint density at radius 3 is 2.50 bits per heavy atom. The Labute approximate surface area is 169 Å². The minimum Gasteiger partial charge on any atom is -0.481 e. The highest BCUT2D eigenvalue weighted by Gasteiger charge is 2.62. The number of hydrogen-bond donors (Lipinski definition) is 2. The predicted octanol–water partition coefficient (Wildman–Crippen LogP) is 4.69. The summed E-state index contributed by atoms with van der Waals surface area (Å²) in [6.45, 7) is 7.06. The molecule has 4 heteroatoms. The van der Waals surface area contributed by atoms with Crippen LogP contribution < -0.4 is 0 Å². The fraction of sp³-hybridized carbons (Fsp3) is 0.917. The summed E-state index contributed by atoms with van der Waals surface area (Å²) in [7, 11) is 0. The molecule has 0 aromatic rings. The third kappa shape index (κ3) is 3.05. The fourth-order valence-corrected chi connectivity index (χ4v) is 8.44.